The van der Waals surface area contributed by atoms with Gasteiger partial charge in [-0.2, -0.15) is 0 Å². The molecule has 0 fully saturated rings. The van der Waals surface area contributed by atoms with E-state index in [1.54, 1.807) is 0 Å². The summed E-state index contributed by atoms with van der Waals surface area (Å²) in [5, 5.41) is 36.7. The SMILES string of the molecule is CCCCCCCCCCN(CC(O)CO)[C@@H](CC(=O)O)C(=O)O. The van der Waals surface area contributed by atoms with Crippen LogP contribution in [0.2, 0.25) is 0 Å². The zero-order valence-corrected chi connectivity index (χ0v) is 14.7. The van der Waals surface area contributed by atoms with Crippen LogP contribution in [-0.4, -0.2) is 69.1 Å². The molecule has 0 rings (SSSR count). The fraction of sp³-hybridized carbons (Fsp3) is 0.882. The van der Waals surface area contributed by atoms with Crippen LogP contribution in [0.25, 0.3) is 0 Å². The Bertz CT molecular complexity index is 350. The molecule has 1 unspecified atom stereocenters. The highest BCUT2D eigenvalue weighted by atomic mass is 16.4. The van der Waals surface area contributed by atoms with Gasteiger partial charge in [0.15, 0.2) is 0 Å². The topological polar surface area (TPSA) is 118 Å². The van der Waals surface area contributed by atoms with Crippen LogP contribution in [0.4, 0.5) is 0 Å². The lowest BCUT2D eigenvalue weighted by Crippen LogP contribution is -2.47. The van der Waals surface area contributed by atoms with Gasteiger partial charge >= 0.3 is 11.9 Å². The maximum Gasteiger partial charge on any atom is 0.321 e. The van der Waals surface area contributed by atoms with E-state index in [4.69, 9.17) is 10.2 Å². The van der Waals surface area contributed by atoms with Crippen molar-refractivity contribution in [2.45, 2.75) is 76.9 Å². The number of nitrogens with zero attached hydrogens (tertiary/aromatic N) is 1. The smallest absolute Gasteiger partial charge is 0.321 e. The Hall–Kier alpha value is -1.18. The van der Waals surface area contributed by atoms with E-state index in [-0.39, 0.29) is 6.54 Å². The van der Waals surface area contributed by atoms with Crippen LogP contribution >= 0.6 is 0 Å². The Balaban J connectivity index is 4.34. The summed E-state index contributed by atoms with van der Waals surface area (Å²) in [6, 6.07) is -1.19. The van der Waals surface area contributed by atoms with E-state index in [9.17, 15) is 19.8 Å². The minimum absolute atomic E-state index is 0.0444. The van der Waals surface area contributed by atoms with Crippen molar-refractivity contribution in [2.75, 3.05) is 19.7 Å². The molecule has 142 valence electrons. The van der Waals surface area contributed by atoms with E-state index in [0.29, 0.717) is 6.54 Å². The van der Waals surface area contributed by atoms with Crippen LogP contribution in [0.15, 0.2) is 0 Å². The van der Waals surface area contributed by atoms with Crippen molar-refractivity contribution in [3.05, 3.63) is 0 Å². The standard InChI is InChI=1S/C17H33NO6/c1-2-3-4-5-6-7-8-9-10-18(12-14(20)13-19)15(17(23)24)11-16(21)22/h14-15,19-20H,2-13H2,1H3,(H,21,22)(H,23,24)/t14?,15-/m0/s1. The van der Waals surface area contributed by atoms with Gasteiger partial charge in [-0.05, 0) is 13.0 Å². The number of carbonyl (C=O) groups is 2. The van der Waals surface area contributed by atoms with Gasteiger partial charge < -0.3 is 20.4 Å². The first-order valence-corrected chi connectivity index (χ1v) is 8.89. The van der Waals surface area contributed by atoms with E-state index in [0.717, 1.165) is 25.7 Å². The Morgan fingerprint density at radius 1 is 0.958 bits per heavy atom. The van der Waals surface area contributed by atoms with E-state index in [1.807, 2.05) is 0 Å². The molecule has 0 aliphatic heterocycles. The van der Waals surface area contributed by atoms with E-state index in [1.165, 1.54) is 30.6 Å². The zero-order valence-electron chi connectivity index (χ0n) is 14.7. The summed E-state index contributed by atoms with van der Waals surface area (Å²) in [7, 11) is 0. The molecule has 7 heteroatoms. The summed E-state index contributed by atoms with van der Waals surface area (Å²) in [5.41, 5.74) is 0. The summed E-state index contributed by atoms with van der Waals surface area (Å²) in [5.74, 6) is -2.41. The molecule has 0 aliphatic carbocycles. The average molecular weight is 347 g/mol. The molecule has 2 atom stereocenters. The lowest BCUT2D eigenvalue weighted by Gasteiger charge is -2.29. The van der Waals surface area contributed by atoms with Crippen LogP contribution in [0, 0.1) is 0 Å². The minimum Gasteiger partial charge on any atom is -0.481 e. The minimum atomic E-state index is -1.22. The normalized spacial score (nSPS) is 13.8. The molecule has 0 bridgehead atoms. The molecule has 0 radical (unpaired) electrons. The molecule has 0 aromatic carbocycles. The van der Waals surface area contributed by atoms with Crippen molar-refractivity contribution in [1.82, 2.24) is 4.90 Å². The number of aliphatic hydroxyl groups is 2. The first-order chi connectivity index (χ1) is 11.4. The summed E-state index contributed by atoms with van der Waals surface area (Å²) >= 11 is 0. The van der Waals surface area contributed by atoms with E-state index in [2.05, 4.69) is 6.92 Å². The third-order valence-corrected chi connectivity index (χ3v) is 4.05. The van der Waals surface area contributed by atoms with E-state index < -0.39 is 37.1 Å². The van der Waals surface area contributed by atoms with Gasteiger partial charge in [0.1, 0.15) is 6.04 Å². The zero-order chi connectivity index (χ0) is 18.4. The second kappa shape index (κ2) is 14.2. The molecular formula is C17H33NO6. The molecule has 0 heterocycles. The fourth-order valence-electron chi connectivity index (χ4n) is 2.69. The molecule has 0 aromatic heterocycles. The Kier molecular flexibility index (Phi) is 13.5. The quantitative estimate of drug-likeness (QED) is 0.314. The number of hydrogen-bond acceptors (Lipinski definition) is 5. The van der Waals surface area contributed by atoms with Gasteiger partial charge in [0, 0.05) is 6.54 Å². The predicted molar refractivity (Wildman–Crippen MR) is 91.0 cm³/mol. The van der Waals surface area contributed by atoms with Crippen molar-refractivity contribution in [2.24, 2.45) is 0 Å². The molecule has 7 nitrogen and oxygen atoms in total. The number of hydrogen-bond donors (Lipinski definition) is 4. The van der Waals surface area contributed by atoms with Crippen molar-refractivity contribution in [3.63, 3.8) is 0 Å². The number of unbranched alkanes of at least 4 members (excludes halogenated alkanes) is 7. The Labute approximate surface area is 144 Å². The summed E-state index contributed by atoms with van der Waals surface area (Å²) in [6.45, 7) is 2.05. The number of aliphatic hydroxyl groups excluding tert-OH is 2. The lowest BCUT2D eigenvalue weighted by atomic mass is 10.1. The van der Waals surface area contributed by atoms with Crippen LogP contribution in [0.5, 0.6) is 0 Å². The highest BCUT2D eigenvalue weighted by molar-refractivity contribution is 5.80. The first-order valence-electron chi connectivity index (χ1n) is 8.89. The second-order valence-electron chi connectivity index (χ2n) is 6.26. The van der Waals surface area contributed by atoms with Crippen LogP contribution in [0.1, 0.15) is 64.7 Å². The molecule has 0 aromatic rings. The molecule has 24 heavy (non-hydrogen) atoms. The van der Waals surface area contributed by atoms with Crippen molar-refractivity contribution < 1.29 is 30.0 Å². The van der Waals surface area contributed by atoms with Crippen LogP contribution in [-0.2, 0) is 9.59 Å². The maximum absolute atomic E-state index is 11.3. The van der Waals surface area contributed by atoms with Gasteiger partial charge in [-0.1, -0.05) is 51.9 Å². The summed E-state index contributed by atoms with van der Waals surface area (Å²) in [6.07, 6.45) is 7.22. The van der Waals surface area contributed by atoms with Gasteiger partial charge in [0.25, 0.3) is 0 Å². The molecule has 4 N–H and O–H groups in total. The van der Waals surface area contributed by atoms with Gasteiger partial charge in [-0.15, -0.1) is 0 Å². The van der Waals surface area contributed by atoms with Gasteiger partial charge in [0.05, 0.1) is 19.1 Å². The van der Waals surface area contributed by atoms with Gasteiger partial charge in [-0.3, -0.25) is 14.5 Å². The van der Waals surface area contributed by atoms with E-state index >= 15 is 0 Å². The third-order valence-electron chi connectivity index (χ3n) is 4.05. The molecule has 0 saturated carbocycles. The fourth-order valence-corrected chi connectivity index (χ4v) is 2.69. The number of aliphatic carboxylic acids is 2. The largest absolute Gasteiger partial charge is 0.481 e. The number of carboxylic acid groups (broad SMARTS) is 2. The lowest BCUT2D eigenvalue weighted by molar-refractivity contribution is -0.150. The highest BCUT2D eigenvalue weighted by Gasteiger charge is 2.29. The molecule has 0 saturated heterocycles. The summed E-state index contributed by atoms with van der Waals surface area (Å²) in [4.78, 5) is 23.7. The number of carboxylic acids is 2. The predicted octanol–water partition coefficient (Wildman–Crippen LogP) is 1.71. The average Bonchev–Trinajstić information content (AvgIpc) is 2.53. The molecule has 0 amide bonds. The highest BCUT2D eigenvalue weighted by Crippen LogP contribution is 2.12. The van der Waals surface area contributed by atoms with Crippen LogP contribution in [0.3, 0.4) is 0 Å². The molecule has 0 aliphatic rings. The summed E-state index contributed by atoms with van der Waals surface area (Å²) < 4.78 is 0. The van der Waals surface area contributed by atoms with Crippen LogP contribution < -0.4 is 0 Å². The second-order valence-corrected chi connectivity index (χ2v) is 6.26. The van der Waals surface area contributed by atoms with Crippen molar-refractivity contribution >= 4 is 11.9 Å². The van der Waals surface area contributed by atoms with Gasteiger partial charge in [0.2, 0.25) is 0 Å². The third kappa shape index (κ3) is 11.4. The number of rotatable bonds is 16. The molecular weight excluding hydrogens is 314 g/mol. The van der Waals surface area contributed by atoms with Crippen molar-refractivity contribution in [1.29, 1.82) is 0 Å². The van der Waals surface area contributed by atoms with Gasteiger partial charge in [-0.25, -0.2) is 0 Å². The first kappa shape index (κ1) is 22.8. The molecule has 0 spiro atoms. The Morgan fingerprint density at radius 3 is 1.96 bits per heavy atom. The Morgan fingerprint density at radius 2 is 1.50 bits per heavy atom. The maximum atomic E-state index is 11.3. The monoisotopic (exact) mass is 347 g/mol. The van der Waals surface area contributed by atoms with Crippen molar-refractivity contribution in [3.8, 4) is 0 Å².